The Hall–Kier alpha value is -1.86. The second-order valence-electron chi connectivity index (χ2n) is 6.98. The van der Waals surface area contributed by atoms with E-state index in [9.17, 15) is 10.2 Å². The van der Waals surface area contributed by atoms with Crippen molar-refractivity contribution in [3.05, 3.63) is 46.1 Å². The van der Waals surface area contributed by atoms with Gasteiger partial charge in [-0.1, -0.05) is 12.1 Å². The molecule has 2 fully saturated rings. The van der Waals surface area contributed by atoms with E-state index in [-0.39, 0.29) is 13.2 Å². The minimum Gasteiger partial charge on any atom is -0.393 e. The minimum absolute atomic E-state index is 0.163. The molecule has 2 aromatic heterocycles. The first-order valence-corrected chi connectivity index (χ1v) is 9.93. The number of rotatable bonds is 5. The predicted octanol–water partition coefficient (Wildman–Crippen LogP) is 1.06. The van der Waals surface area contributed by atoms with Gasteiger partial charge in [-0.05, 0) is 40.3 Å². The molecule has 0 saturated carbocycles. The van der Waals surface area contributed by atoms with Gasteiger partial charge in [-0.15, -0.1) is 0 Å². The molecule has 146 valence electrons. The van der Waals surface area contributed by atoms with Crippen LogP contribution in [0.25, 0.3) is 11.2 Å². The number of aromatic nitrogens is 4. The van der Waals surface area contributed by atoms with Crippen LogP contribution in [0.4, 0.5) is 5.82 Å². The van der Waals surface area contributed by atoms with Crippen LogP contribution in [0.15, 0.2) is 36.9 Å². The molecule has 4 heterocycles. The molecule has 0 radical (unpaired) electrons. The number of nitrogens with one attached hydrogen (secondary N) is 1. The van der Waals surface area contributed by atoms with E-state index >= 15 is 0 Å². The van der Waals surface area contributed by atoms with Crippen molar-refractivity contribution in [2.45, 2.75) is 30.6 Å². The van der Waals surface area contributed by atoms with Crippen LogP contribution in [0.3, 0.4) is 0 Å². The van der Waals surface area contributed by atoms with Crippen molar-refractivity contribution >= 4 is 39.6 Å². The maximum atomic E-state index is 10.4. The molecular weight excluding hydrogens is 477 g/mol. The Morgan fingerprint density at radius 3 is 3.00 bits per heavy atom. The molecule has 0 aliphatic carbocycles. The maximum Gasteiger partial charge on any atom is 0.167 e. The lowest BCUT2D eigenvalue weighted by Gasteiger charge is -2.29. The van der Waals surface area contributed by atoms with Gasteiger partial charge in [0.15, 0.2) is 23.2 Å². The summed E-state index contributed by atoms with van der Waals surface area (Å²) in [7, 11) is 0. The Morgan fingerprint density at radius 1 is 1.32 bits per heavy atom. The number of fused-ring (bicyclic) bond motifs is 3. The van der Waals surface area contributed by atoms with Gasteiger partial charge < -0.3 is 25.0 Å². The summed E-state index contributed by atoms with van der Waals surface area (Å²) in [5.74, 6) is 0.615. The lowest BCUT2D eigenvalue weighted by molar-refractivity contribution is -0.185. The fraction of sp³-hybridized carbons (Fsp3) is 0.389. The lowest BCUT2D eigenvalue weighted by Crippen LogP contribution is -2.44. The third-order valence-electron chi connectivity index (χ3n) is 5.26. The highest BCUT2D eigenvalue weighted by molar-refractivity contribution is 14.1. The van der Waals surface area contributed by atoms with Gasteiger partial charge in [0.05, 0.1) is 19.5 Å². The quantitative estimate of drug-likeness (QED) is 0.451. The molecular formula is C18H18IN5O4. The van der Waals surface area contributed by atoms with Gasteiger partial charge >= 0.3 is 0 Å². The van der Waals surface area contributed by atoms with Gasteiger partial charge in [0.25, 0.3) is 0 Å². The summed E-state index contributed by atoms with van der Waals surface area (Å²) in [5.41, 5.74) is 1.22. The Morgan fingerprint density at radius 2 is 2.21 bits per heavy atom. The number of imidazole rings is 1. The maximum absolute atomic E-state index is 10.4. The van der Waals surface area contributed by atoms with Crippen molar-refractivity contribution in [2.75, 3.05) is 18.5 Å². The number of ether oxygens (including phenoxy) is 2. The third kappa shape index (κ3) is 2.78. The summed E-state index contributed by atoms with van der Waals surface area (Å²) in [6.07, 6.45) is 0.966. The highest BCUT2D eigenvalue weighted by atomic mass is 127. The fourth-order valence-corrected chi connectivity index (χ4v) is 4.36. The first kappa shape index (κ1) is 18.2. The molecule has 0 spiro atoms. The fourth-order valence-electron chi connectivity index (χ4n) is 3.75. The second kappa shape index (κ2) is 6.88. The van der Waals surface area contributed by atoms with Crippen LogP contribution < -0.4 is 5.32 Å². The first-order chi connectivity index (χ1) is 13.6. The molecule has 0 unspecified atom stereocenters. The Bertz CT molecular complexity index is 1030. The number of hydrogen-bond donors (Lipinski definition) is 3. The van der Waals surface area contributed by atoms with E-state index in [0.29, 0.717) is 23.5 Å². The number of aliphatic hydroxyl groups excluding tert-OH is 2. The van der Waals surface area contributed by atoms with Crippen LogP contribution in [-0.2, 0) is 16.0 Å². The first-order valence-electron chi connectivity index (χ1n) is 8.85. The highest BCUT2D eigenvalue weighted by Crippen LogP contribution is 2.45. The molecule has 10 heteroatoms. The topological polar surface area (TPSA) is 115 Å². The van der Waals surface area contributed by atoms with Crippen LogP contribution in [0.2, 0.25) is 0 Å². The number of aliphatic hydroxyl groups is 2. The summed E-state index contributed by atoms with van der Waals surface area (Å²) in [6.45, 7) is 0.454. The summed E-state index contributed by atoms with van der Waals surface area (Å²) >= 11 is 2.28. The van der Waals surface area contributed by atoms with Crippen molar-refractivity contribution in [2.24, 2.45) is 0 Å². The zero-order chi connectivity index (χ0) is 19.3. The molecule has 0 amide bonds. The Kier molecular flexibility index (Phi) is 4.47. The van der Waals surface area contributed by atoms with E-state index in [1.54, 1.807) is 10.9 Å². The normalized spacial score (nSPS) is 28.9. The van der Waals surface area contributed by atoms with Crippen molar-refractivity contribution in [1.82, 2.24) is 19.5 Å². The monoisotopic (exact) mass is 495 g/mol. The molecule has 2 aliphatic rings. The molecule has 9 nitrogen and oxygen atoms in total. The predicted molar refractivity (Wildman–Crippen MR) is 107 cm³/mol. The average Bonchev–Trinajstić information content (AvgIpc) is 3.36. The summed E-state index contributed by atoms with van der Waals surface area (Å²) < 4.78 is 14.5. The number of benzene rings is 1. The van der Waals surface area contributed by atoms with Gasteiger partial charge in [-0.25, -0.2) is 15.0 Å². The highest BCUT2D eigenvalue weighted by Gasteiger charge is 2.61. The van der Waals surface area contributed by atoms with Crippen LogP contribution >= 0.6 is 22.6 Å². The largest absolute Gasteiger partial charge is 0.393 e. The van der Waals surface area contributed by atoms with Crippen LogP contribution in [0, 0.1) is 3.57 Å². The molecule has 3 N–H and O–H groups in total. The molecule has 1 aromatic carbocycles. The molecule has 4 atom stereocenters. The zero-order valence-corrected chi connectivity index (χ0v) is 16.9. The van der Waals surface area contributed by atoms with E-state index in [1.165, 1.54) is 9.90 Å². The van der Waals surface area contributed by atoms with Crippen LogP contribution in [-0.4, -0.2) is 60.8 Å². The van der Waals surface area contributed by atoms with Gasteiger partial charge in [0.2, 0.25) is 0 Å². The van der Waals surface area contributed by atoms with Gasteiger partial charge in [0, 0.05) is 10.1 Å². The molecule has 3 aromatic rings. The SMILES string of the molecule is OC[C@@]12CO[C@@H]([C@H](n3cnc4c(NCc5cccc(I)c5)ncnc43)O1)[C@H]2O. The van der Waals surface area contributed by atoms with Crippen LogP contribution in [0.5, 0.6) is 0 Å². The van der Waals surface area contributed by atoms with E-state index in [0.717, 1.165) is 5.56 Å². The molecule has 5 rings (SSSR count). The van der Waals surface area contributed by atoms with Crippen molar-refractivity contribution in [3.63, 3.8) is 0 Å². The van der Waals surface area contributed by atoms with Gasteiger partial charge in [0.1, 0.15) is 24.1 Å². The number of nitrogens with zero attached hydrogens (tertiary/aromatic N) is 4. The van der Waals surface area contributed by atoms with Crippen LogP contribution in [0.1, 0.15) is 11.8 Å². The Balaban J connectivity index is 1.43. The molecule has 2 aliphatic heterocycles. The molecule has 28 heavy (non-hydrogen) atoms. The van der Waals surface area contributed by atoms with Gasteiger partial charge in [-0.3, -0.25) is 4.57 Å². The summed E-state index contributed by atoms with van der Waals surface area (Å²) in [6, 6.07) is 8.19. The van der Waals surface area contributed by atoms with E-state index in [1.807, 2.05) is 18.2 Å². The van der Waals surface area contributed by atoms with E-state index in [4.69, 9.17) is 9.47 Å². The second-order valence-corrected chi connectivity index (χ2v) is 8.23. The van der Waals surface area contributed by atoms with Gasteiger partial charge in [-0.2, -0.15) is 0 Å². The van der Waals surface area contributed by atoms with Crippen molar-refractivity contribution < 1.29 is 19.7 Å². The standard InChI is InChI=1S/C18H18IN5O4/c19-11-3-1-2-10(4-11)5-20-15-12-16(22-8-21-15)24(9-23-12)17-13-14(26)18(6-25,28-17)7-27-13/h1-4,8-9,13-14,17,25-26H,5-7H2,(H,20,21,22)/t13-,14-,17-,18+/m1/s1. The molecule has 2 saturated heterocycles. The Labute approximate surface area is 173 Å². The van der Waals surface area contributed by atoms with Crippen molar-refractivity contribution in [3.8, 4) is 0 Å². The molecule has 2 bridgehead atoms. The zero-order valence-electron chi connectivity index (χ0n) is 14.7. The number of anilines is 1. The number of hydrogen-bond acceptors (Lipinski definition) is 8. The third-order valence-corrected chi connectivity index (χ3v) is 5.93. The summed E-state index contributed by atoms with van der Waals surface area (Å²) in [5, 5.41) is 23.4. The van der Waals surface area contributed by atoms with E-state index in [2.05, 4.69) is 48.9 Å². The lowest BCUT2D eigenvalue weighted by atomic mass is 10.0. The minimum atomic E-state index is -1.09. The number of halogens is 1. The summed E-state index contributed by atoms with van der Waals surface area (Å²) in [4.78, 5) is 13.1. The smallest absolute Gasteiger partial charge is 0.167 e. The average molecular weight is 495 g/mol. The van der Waals surface area contributed by atoms with Crippen molar-refractivity contribution in [1.29, 1.82) is 0 Å². The van der Waals surface area contributed by atoms with E-state index < -0.39 is 24.0 Å².